The number of nitrogens with zero attached hydrogens (tertiary/aromatic N) is 1. The first kappa shape index (κ1) is 16.7. The van der Waals surface area contributed by atoms with Crippen LogP contribution in [0.4, 0.5) is 0 Å². The minimum atomic E-state index is 0.153. The summed E-state index contributed by atoms with van der Waals surface area (Å²) in [4.78, 5) is 2.40. The third-order valence-electron chi connectivity index (χ3n) is 3.97. The Hall–Kier alpha value is -0.620. The van der Waals surface area contributed by atoms with Crippen molar-refractivity contribution in [3.63, 3.8) is 0 Å². The lowest BCUT2D eigenvalue weighted by atomic mass is 10.1. The predicted molar refractivity (Wildman–Crippen MR) is 89.0 cm³/mol. The van der Waals surface area contributed by atoms with Gasteiger partial charge in [0.05, 0.1) is 6.61 Å². The fourth-order valence-corrected chi connectivity index (χ4v) is 2.87. The summed E-state index contributed by atoms with van der Waals surface area (Å²) < 4.78 is 12.9. The fourth-order valence-electron chi connectivity index (χ4n) is 2.50. The van der Waals surface area contributed by atoms with E-state index in [1.165, 1.54) is 0 Å². The normalized spacial score (nSPS) is 21.2. The number of hydrogen-bond donors (Lipinski definition) is 1. The van der Waals surface area contributed by atoms with Crippen LogP contribution in [-0.2, 0) is 4.74 Å². The Balaban J connectivity index is 1.99. The zero-order valence-electron chi connectivity index (χ0n) is 13.1. The van der Waals surface area contributed by atoms with Crippen molar-refractivity contribution in [1.82, 2.24) is 10.2 Å². The van der Waals surface area contributed by atoms with Crippen molar-refractivity contribution < 1.29 is 9.47 Å². The topological polar surface area (TPSA) is 33.7 Å². The summed E-state index contributed by atoms with van der Waals surface area (Å²) in [5.74, 6) is 0.928. The maximum absolute atomic E-state index is 6.03. The molecule has 1 aromatic rings. The van der Waals surface area contributed by atoms with Crippen LogP contribution in [0.2, 0.25) is 0 Å². The molecule has 0 amide bonds. The van der Waals surface area contributed by atoms with Gasteiger partial charge in [-0.3, -0.25) is 4.90 Å². The maximum Gasteiger partial charge on any atom is 0.124 e. The summed E-state index contributed by atoms with van der Waals surface area (Å²) in [6.45, 7) is 8.75. The molecule has 1 fully saturated rings. The quantitative estimate of drug-likeness (QED) is 0.849. The van der Waals surface area contributed by atoms with Crippen LogP contribution in [0.15, 0.2) is 22.7 Å². The summed E-state index contributed by atoms with van der Waals surface area (Å²) >= 11 is 3.52. The molecule has 0 spiro atoms. The molecule has 0 aromatic heterocycles. The van der Waals surface area contributed by atoms with Gasteiger partial charge in [-0.15, -0.1) is 0 Å². The van der Waals surface area contributed by atoms with Gasteiger partial charge in [0.1, 0.15) is 18.5 Å². The lowest BCUT2D eigenvalue weighted by Gasteiger charge is -2.32. The summed E-state index contributed by atoms with van der Waals surface area (Å²) in [7, 11) is 1.96. The number of likely N-dealkylation sites (N-methyl/N-ethyl adjacent to an activating group) is 1. The van der Waals surface area contributed by atoms with Gasteiger partial charge in [-0.25, -0.2) is 0 Å². The average Bonchev–Trinajstić information content (AvgIpc) is 2.53. The molecule has 5 heteroatoms. The maximum atomic E-state index is 6.03. The minimum Gasteiger partial charge on any atom is -0.490 e. The second-order valence-electron chi connectivity index (χ2n) is 5.39. The molecule has 1 aliphatic heterocycles. The van der Waals surface area contributed by atoms with E-state index >= 15 is 0 Å². The van der Waals surface area contributed by atoms with Crippen molar-refractivity contribution in [2.45, 2.75) is 26.0 Å². The van der Waals surface area contributed by atoms with E-state index in [1.54, 1.807) is 0 Å². The van der Waals surface area contributed by atoms with Gasteiger partial charge in [0.15, 0.2) is 0 Å². The molecule has 21 heavy (non-hydrogen) atoms. The molecule has 0 radical (unpaired) electrons. The number of hydrogen-bond acceptors (Lipinski definition) is 4. The van der Waals surface area contributed by atoms with Crippen LogP contribution < -0.4 is 10.1 Å². The highest BCUT2D eigenvalue weighted by Crippen LogP contribution is 2.28. The second-order valence-corrected chi connectivity index (χ2v) is 6.31. The number of nitrogens with one attached hydrogen (secondary N) is 1. The largest absolute Gasteiger partial charge is 0.490 e. The highest BCUT2D eigenvalue weighted by Gasteiger charge is 2.20. The van der Waals surface area contributed by atoms with Gasteiger partial charge in [0.25, 0.3) is 0 Å². The summed E-state index contributed by atoms with van der Waals surface area (Å²) in [6.07, 6.45) is 0.153. The Morgan fingerprint density at radius 3 is 3.05 bits per heavy atom. The Labute approximate surface area is 135 Å². The lowest BCUT2D eigenvalue weighted by Crippen LogP contribution is -2.44. The van der Waals surface area contributed by atoms with Gasteiger partial charge in [0.2, 0.25) is 0 Å². The first-order chi connectivity index (χ1) is 10.1. The first-order valence-corrected chi connectivity index (χ1v) is 8.36. The van der Waals surface area contributed by atoms with Crippen LogP contribution in [0.1, 0.15) is 25.5 Å². The molecule has 2 unspecified atom stereocenters. The van der Waals surface area contributed by atoms with E-state index in [-0.39, 0.29) is 12.1 Å². The van der Waals surface area contributed by atoms with E-state index < -0.39 is 0 Å². The Kier molecular flexibility index (Phi) is 6.48. The van der Waals surface area contributed by atoms with Crippen molar-refractivity contribution in [2.75, 3.05) is 39.9 Å². The van der Waals surface area contributed by atoms with Gasteiger partial charge >= 0.3 is 0 Å². The van der Waals surface area contributed by atoms with Gasteiger partial charge in [-0.1, -0.05) is 22.9 Å². The van der Waals surface area contributed by atoms with E-state index in [0.717, 1.165) is 42.0 Å². The summed E-state index contributed by atoms with van der Waals surface area (Å²) in [5.41, 5.74) is 1.16. The number of rotatable bonds is 6. The Bertz CT molecular complexity index is 456. The van der Waals surface area contributed by atoms with Gasteiger partial charge in [-0.05, 0) is 38.7 Å². The molecular weight excluding hydrogens is 332 g/mol. The molecule has 118 valence electrons. The molecule has 1 saturated heterocycles. The highest BCUT2D eigenvalue weighted by atomic mass is 79.9. The van der Waals surface area contributed by atoms with Crippen LogP contribution in [0, 0.1) is 0 Å². The SMILES string of the molecule is CCN1CCOC(COc2ccc(Br)cc2C(C)NC)C1. The number of morpholine rings is 1. The molecule has 4 nitrogen and oxygen atoms in total. The van der Waals surface area contributed by atoms with Gasteiger partial charge in [0, 0.05) is 29.2 Å². The molecule has 1 heterocycles. The molecule has 1 aromatic carbocycles. The van der Waals surface area contributed by atoms with E-state index in [0.29, 0.717) is 6.61 Å². The zero-order valence-corrected chi connectivity index (χ0v) is 14.6. The third kappa shape index (κ3) is 4.68. The molecule has 1 N–H and O–H groups in total. The smallest absolute Gasteiger partial charge is 0.124 e. The van der Waals surface area contributed by atoms with E-state index in [1.807, 2.05) is 19.2 Å². The second kappa shape index (κ2) is 8.13. The molecular formula is C16H25BrN2O2. The molecule has 0 saturated carbocycles. The fraction of sp³-hybridized carbons (Fsp3) is 0.625. The van der Waals surface area contributed by atoms with Crippen LogP contribution in [-0.4, -0.2) is 50.9 Å². The van der Waals surface area contributed by atoms with Crippen molar-refractivity contribution in [1.29, 1.82) is 0 Å². The Morgan fingerprint density at radius 2 is 2.33 bits per heavy atom. The lowest BCUT2D eigenvalue weighted by molar-refractivity contribution is -0.0465. The van der Waals surface area contributed by atoms with Crippen molar-refractivity contribution in [3.05, 3.63) is 28.2 Å². The van der Waals surface area contributed by atoms with E-state index in [2.05, 4.69) is 46.1 Å². The van der Waals surface area contributed by atoms with Crippen LogP contribution in [0.25, 0.3) is 0 Å². The van der Waals surface area contributed by atoms with Crippen LogP contribution >= 0.6 is 15.9 Å². The number of benzene rings is 1. The molecule has 2 rings (SSSR count). The molecule has 1 aliphatic rings. The van der Waals surface area contributed by atoms with Crippen molar-refractivity contribution in [2.24, 2.45) is 0 Å². The van der Waals surface area contributed by atoms with Crippen molar-refractivity contribution >= 4 is 15.9 Å². The molecule has 0 aliphatic carbocycles. The summed E-state index contributed by atoms with van der Waals surface area (Å²) in [6, 6.07) is 6.39. The standard InChI is InChI=1S/C16H25BrN2O2/c1-4-19-7-8-20-14(10-19)11-21-16-6-5-13(17)9-15(16)12(2)18-3/h5-6,9,12,14,18H,4,7-8,10-11H2,1-3H3. The van der Waals surface area contributed by atoms with E-state index in [4.69, 9.17) is 9.47 Å². The Morgan fingerprint density at radius 1 is 1.52 bits per heavy atom. The molecule has 0 bridgehead atoms. The molecule has 2 atom stereocenters. The average molecular weight is 357 g/mol. The summed E-state index contributed by atoms with van der Waals surface area (Å²) in [5, 5.41) is 3.26. The van der Waals surface area contributed by atoms with Gasteiger partial charge in [-0.2, -0.15) is 0 Å². The number of ether oxygens (including phenoxy) is 2. The van der Waals surface area contributed by atoms with E-state index in [9.17, 15) is 0 Å². The monoisotopic (exact) mass is 356 g/mol. The highest BCUT2D eigenvalue weighted by molar-refractivity contribution is 9.10. The van der Waals surface area contributed by atoms with Crippen molar-refractivity contribution in [3.8, 4) is 5.75 Å². The number of halogens is 1. The predicted octanol–water partition coefficient (Wildman–Crippen LogP) is 2.83. The van der Waals surface area contributed by atoms with Gasteiger partial charge < -0.3 is 14.8 Å². The third-order valence-corrected chi connectivity index (χ3v) is 4.46. The van der Waals surface area contributed by atoms with Crippen LogP contribution in [0.5, 0.6) is 5.75 Å². The van der Waals surface area contributed by atoms with Crippen LogP contribution in [0.3, 0.4) is 0 Å². The zero-order chi connectivity index (χ0) is 15.2. The minimum absolute atomic E-state index is 0.153. The first-order valence-electron chi connectivity index (χ1n) is 7.57.